The number of hydrogen-bond donors (Lipinski definition) is 1. The third-order valence-electron chi connectivity index (χ3n) is 1.54. The van der Waals surface area contributed by atoms with Gasteiger partial charge < -0.3 is 0 Å². The molecule has 2 heteroatoms. The highest BCUT2D eigenvalue weighted by atomic mass is 32.2. The van der Waals surface area contributed by atoms with Crippen molar-refractivity contribution in [3.8, 4) is 0 Å². The van der Waals surface area contributed by atoms with Gasteiger partial charge in [-0.1, -0.05) is 12.5 Å². The second kappa shape index (κ2) is 2.36. The first-order valence-electron chi connectivity index (χ1n) is 2.72. The molecule has 0 aromatic carbocycles. The minimum Gasteiger partial charge on any atom is -0.164 e. The van der Waals surface area contributed by atoms with Crippen LogP contribution >= 0.6 is 24.4 Å². The molecule has 0 N–H and O–H groups in total. The van der Waals surface area contributed by atoms with Crippen molar-refractivity contribution < 1.29 is 0 Å². The Balaban J connectivity index is 2.59. The van der Waals surface area contributed by atoms with Gasteiger partial charge in [-0.25, -0.2) is 0 Å². The molecule has 0 radical (unpaired) electrons. The normalized spacial score (nSPS) is 37.6. The highest BCUT2D eigenvalue weighted by Gasteiger charge is 2.19. The van der Waals surface area contributed by atoms with Gasteiger partial charge >= 0.3 is 0 Å². The van der Waals surface area contributed by atoms with Gasteiger partial charge in [0.25, 0.3) is 0 Å². The fraction of sp³-hybridized carbons (Fsp3) is 0.667. The topological polar surface area (TPSA) is 0 Å². The second-order valence-electron chi connectivity index (χ2n) is 2.18. The zero-order valence-corrected chi connectivity index (χ0v) is 6.80. The number of rotatable bonds is 0. The monoisotopic (exact) mass is 146 g/mol. The Bertz CT molecular complexity index is 118. The van der Waals surface area contributed by atoms with Gasteiger partial charge in [0.15, 0.2) is 0 Å². The Labute approximate surface area is 60.1 Å². The maximum atomic E-state index is 4.36. The lowest BCUT2D eigenvalue weighted by molar-refractivity contribution is 0.771. The molecule has 0 bridgehead atoms. The Morgan fingerprint density at radius 2 is 2.38 bits per heavy atom. The van der Waals surface area contributed by atoms with E-state index in [0.29, 0.717) is 10.5 Å². The van der Waals surface area contributed by atoms with Crippen molar-refractivity contribution in [2.45, 2.75) is 18.4 Å². The first kappa shape index (κ1) is 6.56. The summed E-state index contributed by atoms with van der Waals surface area (Å²) in [7, 11) is 0. The molecule has 1 aliphatic rings. The largest absolute Gasteiger partial charge is 0.164 e. The van der Waals surface area contributed by atoms with E-state index in [1.165, 1.54) is 5.57 Å². The Kier molecular flexibility index (Phi) is 1.93. The molecule has 2 atom stereocenters. The molecule has 0 unspecified atom stereocenters. The highest BCUT2D eigenvalue weighted by molar-refractivity contribution is 8.12. The summed E-state index contributed by atoms with van der Waals surface area (Å²) in [5, 5.41) is 2.20. The maximum absolute atomic E-state index is 4.36. The lowest BCUT2D eigenvalue weighted by Gasteiger charge is -2.07. The average molecular weight is 146 g/mol. The van der Waals surface area contributed by atoms with Crippen LogP contribution in [0.1, 0.15) is 13.8 Å². The van der Waals surface area contributed by atoms with Crippen molar-refractivity contribution in [3.05, 3.63) is 11.0 Å². The van der Waals surface area contributed by atoms with Crippen molar-refractivity contribution in [2.75, 3.05) is 0 Å². The van der Waals surface area contributed by atoms with Crippen molar-refractivity contribution in [1.29, 1.82) is 0 Å². The number of thioether (sulfide) groups is 1. The molecule has 0 saturated carbocycles. The number of allylic oxidation sites excluding steroid dienone is 1. The molecule has 0 spiro atoms. The predicted octanol–water partition coefficient (Wildman–Crippen LogP) is 2.53. The molecule has 1 aliphatic heterocycles. The van der Waals surface area contributed by atoms with Gasteiger partial charge in [0.2, 0.25) is 0 Å². The van der Waals surface area contributed by atoms with Crippen LogP contribution in [0.4, 0.5) is 0 Å². The first-order valence-corrected chi connectivity index (χ1v) is 4.18. The minimum atomic E-state index is 0.509. The highest BCUT2D eigenvalue weighted by Crippen LogP contribution is 2.36. The summed E-state index contributed by atoms with van der Waals surface area (Å²) in [6.45, 7) is 4.37. The molecule has 0 amide bonds. The van der Waals surface area contributed by atoms with Gasteiger partial charge in [-0.2, -0.15) is 12.6 Å². The van der Waals surface area contributed by atoms with E-state index >= 15 is 0 Å². The van der Waals surface area contributed by atoms with E-state index in [2.05, 4.69) is 31.9 Å². The van der Waals surface area contributed by atoms with E-state index in [4.69, 9.17) is 0 Å². The molecule has 8 heavy (non-hydrogen) atoms. The van der Waals surface area contributed by atoms with E-state index in [-0.39, 0.29) is 0 Å². The summed E-state index contributed by atoms with van der Waals surface area (Å²) in [5.74, 6) is 0.670. The smallest absolute Gasteiger partial charge is 0.0576 e. The first-order chi connectivity index (χ1) is 3.72. The summed E-state index contributed by atoms with van der Waals surface area (Å²) >= 11 is 6.17. The number of hydrogen-bond acceptors (Lipinski definition) is 2. The Hall–Kier alpha value is 0.440. The van der Waals surface area contributed by atoms with Crippen molar-refractivity contribution in [1.82, 2.24) is 0 Å². The standard InChI is InChI=1S/C6H10S2/c1-4-3-8-6(7)5(4)2/h3,5-7H,1-2H3/t5-,6+/m1/s1. The molecular formula is C6H10S2. The molecule has 0 aromatic rings. The van der Waals surface area contributed by atoms with Crippen LogP contribution in [0.5, 0.6) is 0 Å². The quantitative estimate of drug-likeness (QED) is 0.512. The van der Waals surface area contributed by atoms with Crippen LogP contribution in [0.3, 0.4) is 0 Å². The summed E-state index contributed by atoms with van der Waals surface area (Å²) in [4.78, 5) is 0. The molecule has 1 heterocycles. The summed E-state index contributed by atoms with van der Waals surface area (Å²) in [5.41, 5.74) is 1.47. The lowest BCUT2D eigenvalue weighted by atomic mass is 10.1. The molecule has 0 fully saturated rings. The van der Waals surface area contributed by atoms with Gasteiger partial charge in [-0.05, 0) is 18.2 Å². The van der Waals surface area contributed by atoms with Crippen LogP contribution in [0.25, 0.3) is 0 Å². The second-order valence-corrected chi connectivity index (χ2v) is 4.10. The average Bonchev–Trinajstić information content (AvgIpc) is 1.98. The molecule has 1 rings (SSSR count). The van der Waals surface area contributed by atoms with Crippen molar-refractivity contribution >= 4 is 24.4 Å². The van der Waals surface area contributed by atoms with E-state index in [0.717, 1.165) is 0 Å². The molecule has 0 saturated heterocycles. The van der Waals surface area contributed by atoms with Crippen LogP contribution in [0, 0.1) is 5.92 Å². The minimum absolute atomic E-state index is 0.509. The molecule has 0 nitrogen and oxygen atoms in total. The molecule has 0 aromatic heterocycles. The van der Waals surface area contributed by atoms with Gasteiger partial charge in [0, 0.05) is 0 Å². The van der Waals surface area contributed by atoms with Crippen LogP contribution in [0.2, 0.25) is 0 Å². The Morgan fingerprint density at radius 1 is 1.75 bits per heavy atom. The molecule has 46 valence electrons. The van der Waals surface area contributed by atoms with Gasteiger partial charge in [0.1, 0.15) is 0 Å². The van der Waals surface area contributed by atoms with E-state index in [1.807, 2.05) is 11.8 Å². The molecule has 0 aliphatic carbocycles. The van der Waals surface area contributed by atoms with Crippen LogP contribution in [-0.2, 0) is 0 Å². The van der Waals surface area contributed by atoms with E-state index in [9.17, 15) is 0 Å². The van der Waals surface area contributed by atoms with Crippen LogP contribution in [-0.4, -0.2) is 4.58 Å². The van der Waals surface area contributed by atoms with Gasteiger partial charge in [0.05, 0.1) is 4.58 Å². The fourth-order valence-corrected chi connectivity index (χ4v) is 2.06. The predicted molar refractivity (Wildman–Crippen MR) is 43.3 cm³/mol. The SMILES string of the molecule is CC1=CS[C@H](S)[C@@H]1C. The maximum Gasteiger partial charge on any atom is 0.0576 e. The van der Waals surface area contributed by atoms with Gasteiger partial charge in [-0.3, -0.25) is 0 Å². The van der Waals surface area contributed by atoms with Crippen molar-refractivity contribution in [2.24, 2.45) is 5.92 Å². The van der Waals surface area contributed by atoms with E-state index < -0.39 is 0 Å². The number of thiol groups is 1. The zero-order valence-electron chi connectivity index (χ0n) is 5.09. The summed E-state index contributed by atoms with van der Waals surface area (Å²) in [6.07, 6.45) is 0. The van der Waals surface area contributed by atoms with Gasteiger partial charge in [-0.15, -0.1) is 11.8 Å². The fourth-order valence-electron chi connectivity index (χ4n) is 0.627. The third kappa shape index (κ3) is 1.06. The van der Waals surface area contributed by atoms with Crippen molar-refractivity contribution in [3.63, 3.8) is 0 Å². The van der Waals surface area contributed by atoms with Crippen LogP contribution in [0.15, 0.2) is 11.0 Å². The lowest BCUT2D eigenvalue weighted by Crippen LogP contribution is -2.01. The Morgan fingerprint density at radius 3 is 2.50 bits per heavy atom. The molecular weight excluding hydrogens is 136 g/mol. The summed E-state index contributed by atoms with van der Waals surface area (Å²) < 4.78 is 0.509. The zero-order chi connectivity index (χ0) is 6.15. The summed E-state index contributed by atoms with van der Waals surface area (Å²) in [6, 6.07) is 0. The van der Waals surface area contributed by atoms with Crippen LogP contribution < -0.4 is 0 Å². The third-order valence-corrected chi connectivity index (χ3v) is 3.55. The van der Waals surface area contributed by atoms with E-state index in [1.54, 1.807) is 0 Å².